The number of hydrogen-bond donors (Lipinski definition) is 1. The van der Waals surface area contributed by atoms with Crippen molar-refractivity contribution in [3.8, 4) is 0 Å². The molecule has 6 nitrogen and oxygen atoms in total. The molecule has 0 unspecified atom stereocenters. The first-order valence-electron chi connectivity index (χ1n) is 7.94. The van der Waals surface area contributed by atoms with Gasteiger partial charge in [0, 0.05) is 18.8 Å². The lowest BCUT2D eigenvalue weighted by atomic mass is 10.2. The van der Waals surface area contributed by atoms with Gasteiger partial charge in [0.2, 0.25) is 10.0 Å². The highest BCUT2D eigenvalue weighted by molar-refractivity contribution is 7.89. The summed E-state index contributed by atoms with van der Waals surface area (Å²) in [5.41, 5.74) is 1.25. The van der Waals surface area contributed by atoms with E-state index < -0.39 is 15.9 Å². The first-order valence-corrected chi connectivity index (χ1v) is 9.38. The Morgan fingerprint density at radius 2 is 1.92 bits per heavy atom. The number of furan rings is 1. The lowest BCUT2D eigenvalue weighted by molar-refractivity contribution is 0.0996. The van der Waals surface area contributed by atoms with E-state index in [1.165, 1.54) is 16.6 Å². The molecule has 128 valence electrons. The molecule has 0 atom stereocenters. The molecule has 3 rings (SSSR count). The minimum Gasteiger partial charge on any atom is -0.459 e. The Morgan fingerprint density at radius 3 is 2.58 bits per heavy atom. The van der Waals surface area contributed by atoms with Gasteiger partial charge in [-0.3, -0.25) is 4.79 Å². The Bertz CT molecular complexity index is 822. The fourth-order valence-electron chi connectivity index (χ4n) is 2.74. The van der Waals surface area contributed by atoms with Crippen LogP contribution in [0.15, 0.2) is 45.9 Å². The zero-order chi connectivity index (χ0) is 17.2. The second-order valence-electron chi connectivity index (χ2n) is 5.87. The van der Waals surface area contributed by atoms with Crippen molar-refractivity contribution >= 4 is 21.6 Å². The van der Waals surface area contributed by atoms with Crippen LogP contribution in [0.25, 0.3) is 0 Å². The first kappa shape index (κ1) is 16.7. The fourth-order valence-corrected chi connectivity index (χ4v) is 4.29. The third-order valence-corrected chi connectivity index (χ3v) is 6.05. The summed E-state index contributed by atoms with van der Waals surface area (Å²) in [6.07, 6.45) is 4.24. The Kier molecular flexibility index (Phi) is 4.73. The van der Waals surface area contributed by atoms with Crippen LogP contribution in [-0.2, 0) is 10.0 Å². The number of carbonyl (C=O) groups excluding carboxylic acids is 1. The third kappa shape index (κ3) is 3.37. The molecule has 0 saturated carbocycles. The maximum Gasteiger partial charge on any atom is 0.291 e. The van der Waals surface area contributed by atoms with Gasteiger partial charge in [0.1, 0.15) is 0 Å². The Balaban J connectivity index is 1.87. The zero-order valence-corrected chi connectivity index (χ0v) is 14.3. The molecule has 0 radical (unpaired) electrons. The van der Waals surface area contributed by atoms with Gasteiger partial charge in [0.15, 0.2) is 5.76 Å². The van der Waals surface area contributed by atoms with Crippen LogP contribution in [0.2, 0.25) is 0 Å². The molecule has 1 amide bonds. The Labute approximate surface area is 141 Å². The molecular weight excluding hydrogens is 328 g/mol. The van der Waals surface area contributed by atoms with E-state index >= 15 is 0 Å². The van der Waals surface area contributed by atoms with E-state index in [-0.39, 0.29) is 10.7 Å². The summed E-state index contributed by atoms with van der Waals surface area (Å²) in [4.78, 5) is 12.3. The number of carbonyl (C=O) groups is 1. The number of piperidine rings is 1. The van der Waals surface area contributed by atoms with Crippen molar-refractivity contribution in [2.75, 3.05) is 18.4 Å². The molecule has 1 aliphatic rings. The lowest BCUT2D eigenvalue weighted by Gasteiger charge is -2.26. The molecule has 2 heterocycles. The van der Waals surface area contributed by atoms with E-state index in [4.69, 9.17) is 4.42 Å². The molecule has 2 aromatic rings. The van der Waals surface area contributed by atoms with Crippen LogP contribution in [-0.4, -0.2) is 31.7 Å². The highest BCUT2D eigenvalue weighted by atomic mass is 32.2. The van der Waals surface area contributed by atoms with Crippen LogP contribution < -0.4 is 5.32 Å². The predicted octanol–water partition coefficient (Wildman–Crippen LogP) is 3.01. The summed E-state index contributed by atoms with van der Waals surface area (Å²) in [6, 6.07) is 7.98. The standard InChI is InChI=1S/C17H20N2O4S/c1-13-7-8-14(24(21,22)19-9-3-2-4-10-19)12-15(13)18-17(20)16-6-5-11-23-16/h5-8,11-12H,2-4,9-10H2,1H3,(H,18,20). The number of hydrogen-bond acceptors (Lipinski definition) is 4. The van der Waals surface area contributed by atoms with E-state index in [2.05, 4.69) is 5.32 Å². The lowest BCUT2D eigenvalue weighted by Crippen LogP contribution is -2.35. The molecule has 1 aromatic heterocycles. The number of anilines is 1. The van der Waals surface area contributed by atoms with E-state index in [1.807, 2.05) is 6.92 Å². The summed E-state index contributed by atoms with van der Waals surface area (Å²) >= 11 is 0. The molecule has 1 fully saturated rings. The molecule has 0 bridgehead atoms. The van der Waals surface area contributed by atoms with Gasteiger partial charge in [0.05, 0.1) is 11.2 Å². The molecule has 24 heavy (non-hydrogen) atoms. The Morgan fingerprint density at radius 1 is 1.17 bits per heavy atom. The average molecular weight is 348 g/mol. The van der Waals surface area contributed by atoms with Crippen LogP contribution in [0.1, 0.15) is 35.4 Å². The van der Waals surface area contributed by atoms with Crippen molar-refractivity contribution in [2.45, 2.75) is 31.1 Å². The first-order chi connectivity index (χ1) is 11.5. The number of nitrogens with one attached hydrogen (secondary N) is 1. The monoisotopic (exact) mass is 348 g/mol. The van der Waals surface area contributed by atoms with Gasteiger partial charge in [-0.05, 0) is 49.6 Å². The summed E-state index contributed by atoms with van der Waals surface area (Å²) in [6.45, 7) is 2.91. The van der Waals surface area contributed by atoms with Crippen LogP contribution in [0.3, 0.4) is 0 Å². The Hall–Kier alpha value is -2.12. The van der Waals surface area contributed by atoms with Crippen molar-refractivity contribution < 1.29 is 17.6 Å². The number of rotatable bonds is 4. The molecule has 7 heteroatoms. The molecule has 1 N–H and O–H groups in total. The van der Waals surface area contributed by atoms with Crippen LogP contribution in [0.4, 0.5) is 5.69 Å². The maximum absolute atomic E-state index is 12.8. The highest BCUT2D eigenvalue weighted by Gasteiger charge is 2.26. The second kappa shape index (κ2) is 6.78. The number of sulfonamides is 1. The summed E-state index contributed by atoms with van der Waals surface area (Å²) in [7, 11) is -3.53. The maximum atomic E-state index is 12.8. The molecule has 1 saturated heterocycles. The predicted molar refractivity (Wildman–Crippen MR) is 90.5 cm³/mol. The van der Waals surface area contributed by atoms with Crippen molar-refractivity contribution in [1.82, 2.24) is 4.31 Å². The SMILES string of the molecule is Cc1ccc(S(=O)(=O)N2CCCCC2)cc1NC(=O)c1ccco1. The number of aryl methyl sites for hydroxylation is 1. The van der Waals surface area contributed by atoms with Crippen molar-refractivity contribution in [2.24, 2.45) is 0 Å². The van der Waals surface area contributed by atoms with Gasteiger partial charge < -0.3 is 9.73 Å². The smallest absolute Gasteiger partial charge is 0.291 e. The average Bonchev–Trinajstić information content (AvgIpc) is 3.12. The van der Waals surface area contributed by atoms with Crippen molar-refractivity contribution in [3.63, 3.8) is 0 Å². The highest BCUT2D eigenvalue weighted by Crippen LogP contribution is 2.25. The van der Waals surface area contributed by atoms with Crippen LogP contribution in [0, 0.1) is 6.92 Å². The van der Waals surface area contributed by atoms with Gasteiger partial charge in [-0.1, -0.05) is 12.5 Å². The zero-order valence-electron chi connectivity index (χ0n) is 13.5. The van der Waals surface area contributed by atoms with Gasteiger partial charge >= 0.3 is 0 Å². The van der Waals surface area contributed by atoms with Crippen molar-refractivity contribution in [3.05, 3.63) is 47.9 Å². The number of amides is 1. The van der Waals surface area contributed by atoms with E-state index in [9.17, 15) is 13.2 Å². The van der Waals surface area contributed by atoms with E-state index in [1.54, 1.807) is 24.3 Å². The fraction of sp³-hybridized carbons (Fsp3) is 0.353. The van der Waals surface area contributed by atoms with Crippen molar-refractivity contribution in [1.29, 1.82) is 0 Å². The molecule has 0 spiro atoms. The topological polar surface area (TPSA) is 79.6 Å². The van der Waals surface area contributed by atoms with Gasteiger partial charge in [-0.2, -0.15) is 4.31 Å². The molecular formula is C17H20N2O4S. The third-order valence-electron chi connectivity index (χ3n) is 4.16. The van der Waals surface area contributed by atoms with E-state index in [0.717, 1.165) is 24.8 Å². The van der Waals surface area contributed by atoms with E-state index in [0.29, 0.717) is 18.8 Å². The summed E-state index contributed by atoms with van der Waals surface area (Å²) < 4.78 is 32.1. The largest absolute Gasteiger partial charge is 0.459 e. The molecule has 1 aromatic carbocycles. The molecule has 0 aliphatic carbocycles. The normalized spacial score (nSPS) is 16.0. The summed E-state index contributed by atoms with van der Waals surface area (Å²) in [5.74, 6) is -0.227. The second-order valence-corrected chi connectivity index (χ2v) is 7.81. The number of nitrogens with zero attached hydrogens (tertiary/aromatic N) is 1. The quantitative estimate of drug-likeness (QED) is 0.921. The van der Waals surface area contributed by atoms with Crippen LogP contribution in [0.5, 0.6) is 0 Å². The minimum atomic E-state index is -3.53. The number of benzene rings is 1. The van der Waals surface area contributed by atoms with Gasteiger partial charge in [0.25, 0.3) is 5.91 Å². The van der Waals surface area contributed by atoms with Crippen LogP contribution >= 0.6 is 0 Å². The molecule has 1 aliphatic heterocycles. The minimum absolute atomic E-state index is 0.179. The van der Waals surface area contributed by atoms with Gasteiger partial charge in [-0.25, -0.2) is 8.42 Å². The van der Waals surface area contributed by atoms with Gasteiger partial charge in [-0.15, -0.1) is 0 Å². The summed E-state index contributed by atoms with van der Waals surface area (Å²) in [5, 5.41) is 2.71.